The smallest absolute Gasteiger partial charge is 0.270 e. The van der Waals surface area contributed by atoms with Crippen LogP contribution < -0.4 is 10.6 Å². The quantitative estimate of drug-likeness (QED) is 0.343. The SMILES string of the molecule is C=CC(C=C)n1nccc1C(=O)N[C@H](C(=O)Nc1ccc(-c2c(C)n[nH]c2C)nc1)C1CCCCC1.Cl. The Balaban J connectivity index is 0.00000380. The fourth-order valence-electron chi connectivity index (χ4n) is 4.87. The predicted molar refractivity (Wildman–Crippen MR) is 147 cm³/mol. The number of carbonyl (C=O) groups is 2. The van der Waals surface area contributed by atoms with Gasteiger partial charge in [0.15, 0.2) is 0 Å². The van der Waals surface area contributed by atoms with Gasteiger partial charge in [-0.3, -0.25) is 19.7 Å². The number of aromatic nitrogens is 5. The lowest BCUT2D eigenvalue weighted by molar-refractivity contribution is -0.119. The number of hydrogen-bond donors (Lipinski definition) is 3. The van der Waals surface area contributed by atoms with Gasteiger partial charge in [-0.2, -0.15) is 10.2 Å². The van der Waals surface area contributed by atoms with Gasteiger partial charge in [0, 0.05) is 17.5 Å². The molecule has 1 atom stereocenters. The lowest BCUT2D eigenvalue weighted by atomic mass is 9.83. The number of H-pyrrole nitrogens is 1. The van der Waals surface area contributed by atoms with E-state index in [0.29, 0.717) is 11.4 Å². The Morgan fingerprint density at radius 3 is 2.46 bits per heavy atom. The molecule has 4 rings (SSSR count). The number of pyridine rings is 1. The predicted octanol–water partition coefficient (Wildman–Crippen LogP) is 4.94. The first kappa shape index (κ1) is 27.9. The minimum absolute atomic E-state index is 0. The molecule has 37 heavy (non-hydrogen) atoms. The third-order valence-corrected chi connectivity index (χ3v) is 6.77. The summed E-state index contributed by atoms with van der Waals surface area (Å²) in [6.07, 6.45) is 11.5. The zero-order valence-electron chi connectivity index (χ0n) is 21.2. The standard InChI is InChI=1S/C27H33N7O2.ClH/c1-5-21(6-2)34-23(14-15-29-34)26(35)31-25(19-10-8-7-9-11-19)27(36)30-20-12-13-22(28-16-20)24-17(3)32-33-18(24)4;/h5-6,12-16,19,21,25H,1-2,7-11H2,3-4H3,(H,30,36)(H,31,35)(H,32,33);1H/t25-;/m0./s1. The fraction of sp³-hybridized carbons (Fsp3) is 0.370. The lowest BCUT2D eigenvalue weighted by Gasteiger charge is -2.30. The zero-order chi connectivity index (χ0) is 25.7. The Morgan fingerprint density at radius 2 is 1.86 bits per heavy atom. The number of aromatic amines is 1. The van der Waals surface area contributed by atoms with Crippen molar-refractivity contribution in [3.8, 4) is 11.3 Å². The topological polar surface area (TPSA) is 118 Å². The summed E-state index contributed by atoms with van der Waals surface area (Å²) in [5.41, 5.74) is 4.46. The molecule has 3 aromatic heterocycles. The second kappa shape index (κ2) is 12.5. The molecule has 1 aliphatic carbocycles. The number of amides is 2. The van der Waals surface area contributed by atoms with Crippen LogP contribution in [0, 0.1) is 19.8 Å². The summed E-state index contributed by atoms with van der Waals surface area (Å²) >= 11 is 0. The molecule has 1 fully saturated rings. The summed E-state index contributed by atoms with van der Waals surface area (Å²) in [7, 11) is 0. The maximum absolute atomic E-state index is 13.4. The number of nitrogens with one attached hydrogen (secondary N) is 3. The fourth-order valence-corrected chi connectivity index (χ4v) is 4.87. The Labute approximate surface area is 223 Å². The molecule has 3 N–H and O–H groups in total. The first-order valence-electron chi connectivity index (χ1n) is 12.3. The molecule has 10 heteroatoms. The van der Waals surface area contributed by atoms with Crippen LogP contribution in [0.2, 0.25) is 0 Å². The van der Waals surface area contributed by atoms with Crippen molar-refractivity contribution in [3.63, 3.8) is 0 Å². The van der Waals surface area contributed by atoms with Crippen LogP contribution in [-0.4, -0.2) is 42.8 Å². The number of aryl methyl sites for hydroxylation is 2. The van der Waals surface area contributed by atoms with Crippen LogP contribution in [-0.2, 0) is 4.79 Å². The highest BCUT2D eigenvalue weighted by Crippen LogP contribution is 2.28. The van der Waals surface area contributed by atoms with E-state index in [1.807, 2.05) is 26.0 Å². The number of nitrogens with zero attached hydrogens (tertiary/aromatic N) is 4. The van der Waals surface area contributed by atoms with Gasteiger partial charge < -0.3 is 10.6 Å². The van der Waals surface area contributed by atoms with Gasteiger partial charge in [-0.05, 0) is 50.8 Å². The summed E-state index contributed by atoms with van der Waals surface area (Å²) in [5.74, 6) is -0.557. The summed E-state index contributed by atoms with van der Waals surface area (Å²) in [5, 5.41) is 17.4. The Morgan fingerprint density at radius 1 is 1.14 bits per heavy atom. The van der Waals surface area contributed by atoms with Crippen molar-refractivity contribution in [2.45, 2.75) is 58.0 Å². The molecule has 3 heterocycles. The Hall–Kier alpha value is -3.72. The van der Waals surface area contributed by atoms with E-state index in [0.717, 1.165) is 54.7 Å². The highest BCUT2D eigenvalue weighted by atomic mass is 35.5. The van der Waals surface area contributed by atoms with Crippen LogP contribution in [0.15, 0.2) is 55.9 Å². The number of hydrogen-bond acceptors (Lipinski definition) is 5. The molecule has 3 aromatic rings. The van der Waals surface area contributed by atoms with Crippen LogP contribution >= 0.6 is 12.4 Å². The van der Waals surface area contributed by atoms with Crippen LogP contribution in [0.1, 0.15) is 60.0 Å². The van der Waals surface area contributed by atoms with Gasteiger partial charge in [0.05, 0.1) is 29.3 Å². The van der Waals surface area contributed by atoms with E-state index >= 15 is 0 Å². The van der Waals surface area contributed by atoms with Crippen LogP contribution in [0.5, 0.6) is 0 Å². The number of anilines is 1. The van der Waals surface area contributed by atoms with Gasteiger partial charge in [-0.15, -0.1) is 25.6 Å². The van der Waals surface area contributed by atoms with Crippen molar-refractivity contribution in [1.82, 2.24) is 30.3 Å². The molecule has 9 nitrogen and oxygen atoms in total. The van der Waals surface area contributed by atoms with Gasteiger partial charge in [-0.25, -0.2) is 4.68 Å². The van der Waals surface area contributed by atoms with Crippen molar-refractivity contribution >= 4 is 29.9 Å². The van der Waals surface area contributed by atoms with Crippen molar-refractivity contribution in [3.05, 3.63) is 73.0 Å². The van der Waals surface area contributed by atoms with Gasteiger partial charge in [0.2, 0.25) is 5.91 Å². The van der Waals surface area contributed by atoms with Crippen LogP contribution in [0.3, 0.4) is 0 Å². The number of carbonyl (C=O) groups excluding carboxylic acids is 2. The highest BCUT2D eigenvalue weighted by Gasteiger charge is 2.32. The minimum atomic E-state index is -0.676. The van der Waals surface area contributed by atoms with Gasteiger partial charge >= 0.3 is 0 Å². The van der Waals surface area contributed by atoms with Crippen molar-refractivity contribution in [2.24, 2.45) is 5.92 Å². The number of rotatable bonds is 9. The van der Waals surface area contributed by atoms with E-state index in [1.54, 1.807) is 35.3 Å². The molecule has 0 saturated heterocycles. The first-order valence-corrected chi connectivity index (χ1v) is 12.3. The Bertz CT molecular complexity index is 1210. The average molecular weight is 524 g/mol. The third kappa shape index (κ3) is 6.17. The normalized spacial score (nSPS) is 14.5. The molecule has 0 unspecified atom stereocenters. The summed E-state index contributed by atoms with van der Waals surface area (Å²) in [6, 6.07) is 4.31. The minimum Gasteiger partial charge on any atom is -0.339 e. The van der Waals surface area contributed by atoms with Crippen molar-refractivity contribution in [1.29, 1.82) is 0 Å². The highest BCUT2D eigenvalue weighted by molar-refractivity contribution is 6.00. The Kier molecular flexibility index (Phi) is 9.41. The maximum atomic E-state index is 13.4. The average Bonchev–Trinajstić information content (AvgIpc) is 3.51. The third-order valence-electron chi connectivity index (χ3n) is 6.77. The molecular weight excluding hydrogens is 490 g/mol. The van der Waals surface area contributed by atoms with E-state index in [-0.39, 0.29) is 36.2 Å². The summed E-state index contributed by atoms with van der Waals surface area (Å²) in [4.78, 5) is 31.2. The maximum Gasteiger partial charge on any atom is 0.270 e. The molecule has 196 valence electrons. The molecule has 0 aliphatic heterocycles. The molecule has 1 saturated carbocycles. The van der Waals surface area contributed by atoms with Crippen molar-refractivity contribution < 1.29 is 9.59 Å². The van der Waals surface area contributed by atoms with Crippen LogP contribution in [0.4, 0.5) is 5.69 Å². The number of allylic oxidation sites excluding steroid dienone is 2. The summed E-state index contributed by atoms with van der Waals surface area (Å²) in [6.45, 7) is 11.5. The van der Waals surface area contributed by atoms with Crippen molar-refractivity contribution in [2.75, 3.05) is 5.32 Å². The van der Waals surface area contributed by atoms with Gasteiger partial charge in [0.25, 0.3) is 5.91 Å². The monoisotopic (exact) mass is 523 g/mol. The number of halogens is 1. The van der Waals surface area contributed by atoms with E-state index in [9.17, 15) is 9.59 Å². The zero-order valence-corrected chi connectivity index (χ0v) is 22.1. The molecule has 0 aromatic carbocycles. The van der Waals surface area contributed by atoms with E-state index in [2.05, 4.69) is 44.1 Å². The molecular formula is C27H34ClN7O2. The van der Waals surface area contributed by atoms with Crippen LogP contribution in [0.25, 0.3) is 11.3 Å². The molecule has 0 radical (unpaired) electrons. The van der Waals surface area contributed by atoms with E-state index in [4.69, 9.17) is 0 Å². The first-order chi connectivity index (χ1) is 17.4. The molecule has 0 bridgehead atoms. The van der Waals surface area contributed by atoms with Gasteiger partial charge in [0.1, 0.15) is 11.7 Å². The second-order valence-electron chi connectivity index (χ2n) is 9.20. The van der Waals surface area contributed by atoms with Gasteiger partial charge in [-0.1, -0.05) is 31.4 Å². The van der Waals surface area contributed by atoms with E-state index < -0.39 is 6.04 Å². The lowest BCUT2D eigenvalue weighted by Crippen LogP contribution is -2.49. The summed E-state index contributed by atoms with van der Waals surface area (Å²) < 4.78 is 1.55. The molecule has 1 aliphatic rings. The largest absolute Gasteiger partial charge is 0.339 e. The second-order valence-corrected chi connectivity index (χ2v) is 9.20. The van der Waals surface area contributed by atoms with E-state index in [1.165, 1.54) is 0 Å². The molecule has 0 spiro atoms. The molecule has 2 amide bonds.